The van der Waals surface area contributed by atoms with E-state index in [1.165, 1.54) is 0 Å². The molecule has 1 amide bonds. The van der Waals surface area contributed by atoms with Crippen molar-refractivity contribution < 1.29 is 14.3 Å². The van der Waals surface area contributed by atoms with Crippen molar-refractivity contribution >= 4 is 5.91 Å². The smallest absolute Gasteiger partial charge is 0.236 e. The highest BCUT2D eigenvalue weighted by molar-refractivity contribution is 5.77. The van der Waals surface area contributed by atoms with E-state index in [9.17, 15) is 9.90 Å². The van der Waals surface area contributed by atoms with Crippen LogP contribution in [0.1, 0.15) is 31.3 Å². The van der Waals surface area contributed by atoms with Gasteiger partial charge in [0.2, 0.25) is 5.91 Å². The first-order chi connectivity index (χ1) is 9.95. The number of likely N-dealkylation sites (N-methyl/N-ethyl adjacent to an activating group) is 1. The largest absolute Gasteiger partial charge is 0.464 e. The first-order valence-electron chi connectivity index (χ1n) is 7.65. The molecule has 1 aromatic heterocycles. The first-order valence-corrected chi connectivity index (χ1v) is 7.65. The third kappa shape index (κ3) is 4.58. The highest BCUT2D eigenvalue weighted by atomic mass is 16.3. The fourth-order valence-corrected chi connectivity index (χ4v) is 2.83. The lowest BCUT2D eigenvalue weighted by atomic mass is 9.93. The monoisotopic (exact) mass is 294 g/mol. The van der Waals surface area contributed by atoms with Gasteiger partial charge in [0.1, 0.15) is 11.5 Å². The van der Waals surface area contributed by atoms with Crippen LogP contribution in [0.15, 0.2) is 16.5 Å². The van der Waals surface area contributed by atoms with Crippen LogP contribution < -0.4 is 0 Å². The molecule has 1 aliphatic rings. The van der Waals surface area contributed by atoms with Gasteiger partial charge in [-0.1, -0.05) is 0 Å². The normalized spacial score (nSPS) is 21.2. The molecule has 1 N–H and O–H groups in total. The second-order valence-corrected chi connectivity index (χ2v) is 6.14. The minimum atomic E-state index is -0.299. The van der Waals surface area contributed by atoms with Gasteiger partial charge in [-0.15, -0.1) is 0 Å². The summed E-state index contributed by atoms with van der Waals surface area (Å²) in [5.74, 6) is 2.05. The van der Waals surface area contributed by atoms with Crippen LogP contribution in [0.4, 0.5) is 0 Å². The number of furan rings is 1. The molecule has 2 heterocycles. The molecular formula is C16H26N2O3. The number of amides is 1. The van der Waals surface area contributed by atoms with Crippen LogP contribution >= 0.6 is 0 Å². The molecule has 0 radical (unpaired) electrons. The Hall–Kier alpha value is -1.33. The van der Waals surface area contributed by atoms with Gasteiger partial charge in [-0.05, 0) is 51.3 Å². The van der Waals surface area contributed by atoms with Crippen LogP contribution in [-0.2, 0) is 11.3 Å². The zero-order valence-electron chi connectivity index (χ0n) is 13.2. The molecule has 5 heteroatoms. The Morgan fingerprint density at radius 3 is 2.95 bits per heavy atom. The van der Waals surface area contributed by atoms with Crippen LogP contribution in [0.25, 0.3) is 0 Å². The van der Waals surface area contributed by atoms with Crippen molar-refractivity contribution in [2.45, 2.75) is 39.3 Å². The Bertz CT molecular complexity index is 470. The molecule has 2 unspecified atom stereocenters. The van der Waals surface area contributed by atoms with Crippen LogP contribution in [0.2, 0.25) is 0 Å². The Morgan fingerprint density at radius 2 is 2.33 bits per heavy atom. The molecule has 0 bridgehead atoms. The minimum Gasteiger partial charge on any atom is -0.464 e. The quantitative estimate of drug-likeness (QED) is 0.897. The number of nitrogens with zero attached hydrogens (tertiary/aromatic N) is 2. The summed E-state index contributed by atoms with van der Waals surface area (Å²) in [4.78, 5) is 16.1. The van der Waals surface area contributed by atoms with Gasteiger partial charge < -0.3 is 14.4 Å². The van der Waals surface area contributed by atoms with E-state index in [1.54, 1.807) is 11.9 Å². The van der Waals surface area contributed by atoms with Gasteiger partial charge in [-0.2, -0.15) is 0 Å². The SMILES string of the molecule is Cc1ccc(CN(C)C(=O)CN2CCCC(C(C)O)C2)o1. The average Bonchev–Trinajstić information content (AvgIpc) is 2.84. The van der Waals surface area contributed by atoms with E-state index in [-0.39, 0.29) is 17.9 Å². The molecule has 118 valence electrons. The Kier molecular flexibility index (Phi) is 5.42. The number of hydrogen-bond acceptors (Lipinski definition) is 4. The zero-order chi connectivity index (χ0) is 15.4. The van der Waals surface area contributed by atoms with Crippen molar-refractivity contribution in [1.29, 1.82) is 0 Å². The van der Waals surface area contributed by atoms with Crippen molar-refractivity contribution in [1.82, 2.24) is 9.80 Å². The predicted molar refractivity (Wildman–Crippen MR) is 80.8 cm³/mol. The summed E-state index contributed by atoms with van der Waals surface area (Å²) in [6.45, 7) is 6.39. The van der Waals surface area contributed by atoms with E-state index < -0.39 is 0 Å². The summed E-state index contributed by atoms with van der Waals surface area (Å²) < 4.78 is 5.50. The van der Waals surface area contributed by atoms with Crippen molar-refractivity contribution in [3.63, 3.8) is 0 Å². The number of carbonyl (C=O) groups excluding carboxylic acids is 1. The summed E-state index contributed by atoms with van der Waals surface area (Å²) in [6.07, 6.45) is 1.79. The minimum absolute atomic E-state index is 0.0929. The molecule has 5 nitrogen and oxygen atoms in total. The van der Waals surface area contributed by atoms with Gasteiger partial charge in [0, 0.05) is 13.6 Å². The molecule has 0 saturated carbocycles. The number of hydrogen-bond donors (Lipinski definition) is 1. The van der Waals surface area contributed by atoms with Gasteiger partial charge in [0.15, 0.2) is 0 Å². The van der Waals surface area contributed by atoms with E-state index in [0.29, 0.717) is 13.1 Å². The van der Waals surface area contributed by atoms with Crippen molar-refractivity contribution in [2.24, 2.45) is 5.92 Å². The Morgan fingerprint density at radius 1 is 1.57 bits per heavy atom. The zero-order valence-corrected chi connectivity index (χ0v) is 13.2. The molecule has 1 aromatic rings. The third-order valence-electron chi connectivity index (χ3n) is 4.20. The second kappa shape index (κ2) is 7.09. The molecule has 21 heavy (non-hydrogen) atoms. The lowest BCUT2D eigenvalue weighted by Gasteiger charge is -2.34. The molecule has 0 spiro atoms. The van der Waals surface area contributed by atoms with E-state index in [0.717, 1.165) is 37.5 Å². The lowest BCUT2D eigenvalue weighted by Crippen LogP contribution is -2.44. The van der Waals surface area contributed by atoms with Crippen molar-refractivity contribution in [3.05, 3.63) is 23.7 Å². The number of aryl methyl sites for hydroxylation is 1. The van der Waals surface area contributed by atoms with Gasteiger partial charge >= 0.3 is 0 Å². The molecule has 0 aromatic carbocycles. The maximum absolute atomic E-state index is 12.3. The topological polar surface area (TPSA) is 56.9 Å². The number of carbonyl (C=O) groups is 1. The first kappa shape index (κ1) is 16.0. The number of likely N-dealkylation sites (tertiary alicyclic amines) is 1. The number of aliphatic hydroxyl groups is 1. The lowest BCUT2D eigenvalue weighted by molar-refractivity contribution is -0.132. The molecular weight excluding hydrogens is 268 g/mol. The van der Waals surface area contributed by atoms with Crippen molar-refractivity contribution in [3.8, 4) is 0 Å². The summed E-state index contributed by atoms with van der Waals surface area (Å²) in [6, 6.07) is 3.81. The summed E-state index contributed by atoms with van der Waals surface area (Å²) in [7, 11) is 1.80. The second-order valence-electron chi connectivity index (χ2n) is 6.14. The molecule has 1 saturated heterocycles. The summed E-state index contributed by atoms with van der Waals surface area (Å²) in [5.41, 5.74) is 0. The molecule has 1 fully saturated rings. The van der Waals surface area contributed by atoms with E-state index in [4.69, 9.17) is 4.42 Å². The maximum Gasteiger partial charge on any atom is 0.236 e. The maximum atomic E-state index is 12.3. The van der Waals surface area contributed by atoms with Crippen LogP contribution in [0, 0.1) is 12.8 Å². The van der Waals surface area contributed by atoms with Crippen LogP contribution in [-0.4, -0.2) is 53.6 Å². The van der Waals surface area contributed by atoms with Gasteiger partial charge in [-0.25, -0.2) is 0 Å². The highest BCUT2D eigenvalue weighted by Crippen LogP contribution is 2.19. The van der Waals surface area contributed by atoms with Gasteiger partial charge in [0.25, 0.3) is 0 Å². The van der Waals surface area contributed by atoms with Crippen LogP contribution in [0.3, 0.4) is 0 Å². The fraction of sp³-hybridized carbons (Fsp3) is 0.688. The molecule has 1 aliphatic heterocycles. The van der Waals surface area contributed by atoms with Gasteiger partial charge in [0.05, 0.1) is 19.2 Å². The van der Waals surface area contributed by atoms with Gasteiger partial charge in [-0.3, -0.25) is 9.69 Å². The molecule has 2 rings (SSSR count). The number of piperidine rings is 1. The van der Waals surface area contributed by atoms with E-state index in [1.807, 2.05) is 26.0 Å². The summed E-state index contributed by atoms with van der Waals surface area (Å²) in [5, 5.41) is 9.70. The Balaban J connectivity index is 1.82. The van der Waals surface area contributed by atoms with Crippen molar-refractivity contribution in [2.75, 3.05) is 26.7 Å². The predicted octanol–water partition coefficient (Wildman–Crippen LogP) is 1.64. The fourth-order valence-electron chi connectivity index (χ4n) is 2.83. The molecule has 0 aliphatic carbocycles. The average molecular weight is 294 g/mol. The van der Waals surface area contributed by atoms with Crippen LogP contribution in [0.5, 0.6) is 0 Å². The molecule has 2 atom stereocenters. The summed E-state index contributed by atoms with van der Waals surface area (Å²) >= 11 is 0. The van der Waals surface area contributed by atoms with E-state index >= 15 is 0 Å². The highest BCUT2D eigenvalue weighted by Gasteiger charge is 2.25. The number of rotatable bonds is 5. The van der Waals surface area contributed by atoms with E-state index in [2.05, 4.69) is 4.90 Å². The standard InChI is InChI=1S/C16H26N2O3/c1-12-6-7-15(21-12)10-17(3)16(20)11-18-8-4-5-14(9-18)13(2)19/h6-7,13-14,19H,4-5,8-11H2,1-3H3. The third-order valence-corrected chi connectivity index (χ3v) is 4.20. The Labute approximate surface area is 126 Å². The number of aliphatic hydroxyl groups excluding tert-OH is 1.